The molecule has 26 heavy (non-hydrogen) atoms. The van der Waals surface area contributed by atoms with Gasteiger partial charge in [-0.2, -0.15) is 13.2 Å². The number of ether oxygens (including phenoxy) is 2. The second-order valence-electron chi connectivity index (χ2n) is 6.42. The second-order valence-corrected chi connectivity index (χ2v) is 6.83. The Balaban J connectivity index is 0.000000298. The summed E-state index contributed by atoms with van der Waals surface area (Å²) in [5, 5.41) is 7.97. The summed E-state index contributed by atoms with van der Waals surface area (Å²) in [6, 6.07) is 8.04. The molecule has 3 rings (SSSR count). The van der Waals surface area contributed by atoms with E-state index in [-0.39, 0.29) is 5.60 Å². The number of hydrogen-bond acceptors (Lipinski definition) is 4. The van der Waals surface area contributed by atoms with Crippen LogP contribution in [0, 0.1) is 0 Å². The Morgan fingerprint density at radius 2 is 2.04 bits per heavy atom. The number of likely N-dealkylation sites (tertiary alicyclic amines) is 1. The minimum absolute atomic E-state index is 0.0280. The zero-order valence-electron chi connectivity index (χ0n) is 14.3. The molecule has 2 fully saturated rings. The number of carbonyl (C=O) groups is 1. The zero-order valence-corrected chi connectivity index (χ0v) is 15.0. The van der Waals surface area contributed by atoms with Crippen LogP contribution in [0.5, 0.6) is 0 Å². The highest BCUT2D eigenvalue weighted by Crippen LogP contribution is 2.36. The Morgan fingerprint density at radius 3 is 2.58 bits per heavy atom. The number of benzene rings is 1. The topological polar surface area (TPSA) is 59.0 Å². The average Bonchev–Trinajstić information content (AvgIpc) is 2.55. The van der Waals surface area contributed by atoms with Crippen LogP contribution >= 0.6 is 11.6 Å². The minimum atomic E-state index is -5.08. The number of nitrogens with zero attached hydrogens (tertiary/aromatic N) is 1. The average molecular weight is 396 g/mol. The first kappa shape index (κ1) is 21.0. The van der Waals surface area contributed by atoms with Crippen molar-refractivity contribution < 1.29 is 32.5 Å². The summed E-state index contributed by atoms with van der Waals surface area (Å²) in [5.74, 6) is -2.76. The number of aliphatic carboxylic acids is 1. The lowest BCUT2D eigenvalue weighted by atomic mass is 9.84. The van der Waals surface area contributed by atoms with Crippen molar-refractivity contribution in [2.24, 2.45) is 0 Å². The highest BCUT2D eigenvalue weighted by Gasteiger charge is 2.47. The van der Waals surface area contributed by atoms with Crippen molar-refractivity contribution in [2.45, 2.75) is 37.3 Å². The molecule has 0 radical (unpaired) electrons. The van der Waals surface area contributed by atoms with Crippen LogP contribution in [-0.2, 0) is 20.8 Å². The van der Waals surface area contributed by atoms with E-state index >= 15 is 0 Å². The number of methoxy groups -OCH3 is 1. The standard InChI is InChI=1S/C15H20ClNO2.C2HF3O2/c1-18-13-6-7-19-15(8-13)10-17(11-15)9-12-4-2-3-5-14(12)16;3-2(4,5)1(6)7/h2-5,13H,6-11H2,1H3;(H,6,7). The summed E-state index contributed by atoms with van der Waals surface area (Å²) in [6.07, 6.45) is -2.69. The van der Waals surface area contributed by atoms with Crippen LogP contribution in [0.4, 0.5) is 13.2 Å². The van der Waals surface area contributed by atoms with Crippen molar-refractivity contribution in [1.29, 1.82) is 0 Å². The maximum atomic E-state index is 10.6. The molecule has 1 N–H and O–H groups in total. The van der Waals surface area contributed by atoms with E-state index in [4.69, 9.17) is 31.0 Å². The molecule has 0 aromatic heterocycles. The number of carboxylic acids is 1. The van der Waals surface area contributed by atoms with Gasteiger partial charge >= 0.3 is 12.1 Å². The quantitative estimate of drug-likeness (QED) is 0.850. The molecule has 0 bridgehead atoms. The molecule has 2 saturated heterocycles. The molecule has 5 nitrogen and oxygen atoms in total. The van der Waals surface area contributed by atoms with Gasteiger partial charge in [0.25, 0.3) is 0 Å². The largest absolute Gasteiger partial charge is 0.490 e. The van der Waals surface area contributed by atoms with Gasteiger partial charge in [0.15, 0.2) is 0 Å². The summed E-state index contributed by atoms with van der Waals surface area (Å²) >= 11 is 6.19. The number of halogens is 4. The predicted molar refractivity (Wildman–Crippen MR) is 89.1 cm³/mol. The molecule has 1 spiro atoms. The van der Waals surface area contributed by atoms with Crippen LogP contribution < -0.4 is 0 Å². The fraction of sp³-hybridized carbons (Fsp3) is 0.588. The molecule has 1 atom stereocenters. The third kappa shape index (κ3) is 5.57. The maximum absolute atomic E-state index is 10.6. The summed E-state index contributed by atoms with van der Waals surface area (Å²) in [6.45, 7) is 3.69. The molecular formula is C17H21ClF3NO4. The van der Waals surface area contributed by atoms with Crippen LogP contribution in [0.1, 0.15) is 18.4 Å². The molecule has 146 valence electrons. The van der Waals surface area contributed by atoms with Crippen molar-refractivity contribution in [2.75, 3.05) is 26.8 Å². The molecule has 1 aromatic carbocycles. The summed E-state index contributed by atoms with van der Waals surface area (Å²) in [5.41, 5.74) is 1.22. The first-order chi connectivity index (χ1) is 12.1. The first-order valence-corrected chi connectivity index (χ1v) is 8.46. The van der Waals surface area contributed by atoms with E-state index < -0.39 is 12.1 Å². The third-order valence-electron chi connectivity index (χ3n) is 4.40. The van der Waals surface area contributed by atoms with Crippen molar-refractivity contribution in [3.05, 3.63) is 34.9 Å². The van der Waals surface area contributed by atoms with E-state index in [9.17, 15) is 13.2 Å². The van der Waals surface area contributed by atoms with Crippen LogP contribution in [0.25, 0.3) is 0 Å². The molecule has 0 saturated carbocycles. The van der Waals surface area contributed by atoms with Crippen molar-refractivity contribution in [3.8, 4) is 0 Å². The molecule has 1 aromatic rings. The molecular weight excluding hydrogens is 375 g/mol. The number of alkyl halides is 3. The van der Waals surface area contributed by atoms with Gasteiger partial charge in [-0.25, -0.2) is 4.79 Å². The van der Waals surface area contributed by atoms with Crippen molar-refractivity contribution in [3.63, 3.8) is 0 Å². The van der Waals surface area contributed by atoms with E-state index in [0.29, 0.717) is 6.10 Å². The minimum Gasteiger partial charge on any atom is -0.475 e. The predicted octanol–water partition coefficient (Wildman–Crippen LogP) is 3.35. The number of rotatable bonds is 3. The highest BCUT2D eigenvalue weighted by atomic mass is 35.5. The molecule has 1 unspecified atom stereocenters. The Hall–Kier alpha value is -1.35. The van der Waals surface area contributed by atoms with Crippen LogP contribution in [0.3, 0.4) is 0 Å². The van der Waals surface area contributed by atoms with E-state index in [1.165, 1.54) is 5.56 Å². The SMILES string of the molecule is COC1CCOC2(C1)CN(Cc1ccccc1Cl)C2.O=C(O)C(F)(F)F. The van der Waals surface area contributed by atoms with E-state index in [2.05, 4.69) is 11.0 Å². The molecule has 2 aliphatic rings. The zero-order chi connectivity index (χ0) is 19.4. The van der Waals surface area contributed by atoms with Crippen LogP contribution in [-0.4, -0.2) is 60.7 Å². The fourth-order valence-corrected chi connectivity index (χ4v) is 3.35. The maximum Gasteiger partial charge on any atom is 0.490 e. The van der Waals surface area contributed by atoms with Gasteiger partial charge in [-0.3, -0.25) is 4.90 Å². The molecule has 2 aliphatic heterocycles. The Bertz CT molecular complexity index is 620. The van der Waals surface area contributed by atoms with Crippen molar-refractivity contribution >= 4 is 17.6 Å². The highest BCUT2D eigenvalue weighted by molar-refractivity contribution is 6.31. The lowest BCUT2D eigenvalue weighted by molar-refractivity contribution is -0.195. The lowest BCUT2D eigenvalue weighted by Crippen LogP contribution is -2.65. The third-order valence-corrected chi connectivity index (χ3v) is 4.77. The summed E-state index contributed by atoms with van der Waals surface area (Å²) in [4.78, 5) is 11.3. The van der Waals surface area contributed by atoms with Gasteiger partial charge < -0.3 is 14.6 Å². The Kier molecular flexibility index (Phi) is 6.90. The Morgan fingerprint density at radius 1 is 1.42 bits per heavy atom. The van der Waals surface area contributed by atoms with Gasteiger partial charge in [-0.05, 0) is 18.1 Å². The van der Waals surface area contributed by atoms with Gasteiger partial charge in [0.1, 0.15) is 0 Å². The van der Waals surface area contributed by atoms with Gasteiger partial charge in [-0.1, -0.05) is 29.8 Å². The normalized spacial score (nSPS) is 22.3. The summed E-state index contributed by atoms with van der Waals surface area (Å²) in [7, 11) is 1.80. The molecule has 9 heteroatoms. The lowest BCUT2D eigenvalue weighted by Gasteiger charge is -2.53. The van der Waals surface area contributed by atoms with Gasteiger partial charge in [0, 0.05) is 44.8 Å². The van der Waals surface area contributed by atoms with Gasteiger partial charge in [0.2, 0.25) is 0 Å². The van der Waals surface area contributed by atoms with Crippen molar-refractivity contribution in [1.82, 2.24) is 4.90 Å². The molecule has 2 heterocycles. The monoisotopic (exact) mass is 395 g/mol. The van der Waals surface area contributed by atoms with Gasteiger partial charge in [0.05, 0.1) is 11.7 Å². The van der Waals surface area contributed by atoms with E-state index in [1.807, 2.05) is 18.2 Å². The van der Waals surface area contributed by atoms with Crippen LogP contribution in [0.15, 0.2) is 24.3 Å². The number of carboxylic acid groups (broad SMARTS) is 1. The summed E-state index contributed by atoms with van der Waals surface area (Å²) < 4.78 is 43.2. The van der Waals surface area contributed by atoms with Gasteiger partial charge in [-0.15, -0.1) is 0 Å². The number of hydrogen-bond donors (Lipinski definition) is 1. The molecule has 0 amide bonds. The smallest absolute Gasteiger partial charge is 0.475 e. The van der Waals surface area contributed by atoms with E-state index in [1.54, 1.807) is 7.11 Å². The second kappa shape index (κ2) is 8.56. The fourth-order valence-electron chi connectivity index (χ4n) is 3.15. The molecule has 0 aliphatic carbocycles. The van der Waals surface area contributed by atoms with Crippen LogP contribution in [0.2, 0.25) is 5.02 Å². The first-order valence-electron chi connectivity index (χ1n) is 8.08. The van der Waals surface area contributed by atoms with E-state index in [0.717, 1.165) is 44.1 Å². The Labute approximate surface area is 154 Å².